The smallest absolute Gasteiger partial charge is 0.123 e. The molecule has 52 valence electrons. The molecule has 1 aromatic rings. The summed E-state index contributed by atoms with van der Waals surface area (Å²) in [5, 5.41) is 0. The molecular formula is C8H9NO. The topological polar surface area (TPSA) is 25.4 Å². The van der Waals surface area contributed by atoms with E-state index in [1.165, 1.54) is 0 Å². The number of aromatic nitrogens is 1. The van der Waals surface area contributed by atoms with Crippen molar-refractivity contribution in [1.29, 1.82) is 0 Å². The lowest BCUT2D eigenvalue weighted by atomic mass is 10.2. The molecule has 0 aliphatic carbocycles. The maximum absolute atomic E-state index is 5.09. The van der Waals surface area contributed by atoms with Crippen LogP contribution in [0.2, 0.25) is 0 Å². The molecule has 0 N–H and O–H groups in total. The Morgan fingerprint density at radius 2 is 2.40 bits per heavy atom. The van der Waals surface area contributed by atoms with E-state index in [0.717, 1.165) is 18.0 Å². The number of rotatable bonds is 1. The molecule has 0 amide bonds. The summed E-state index contributed by atoms with van der Waals surface area (Å²) < 4.78 is 5.09. The maximum Gasteiger partial charge on any atom is 0.123 e. The lowest BCUT2D eigenvalue weighted by Gasteiger charge is -1.94. The quantitative estimate of drug-likeness (QED) is 0.545. The van der Waals surface area contributed by atoms with E-state index in [2.05, 4.69) is 4.98 Å². The molecule has 2 heterocycles. The van der Waals surface area contributed by atoms with Crippen molar-refractivity contribution >= 4 is 0 Å². The highest BCUT2D eigenvalue weighted by molar-refractivity contribution is 5.14. The number of hydrogen-bond acceptors (Lipinski definition) is 2. The average molecular weight is 135 g/mol. The van der Waals surface area contributed by atoms with Crippen LogP contribution in [-0.4, -0.2) is 11.6 Å². The van der Waals surface area contributed by atoms with Gasteiger partial charge in [0.2, 0.25) is 0 Å². The molecule has 2 heteroatoms. The molecule has 1 aliphatic rings. The Morgan fingerprint density at radius 3 is 3.00 bits per heavy atom. The molecule has 2 nitrogen and oxygen atoms in total. The molecule has 10 heavy (non-hydrogen) atoms. The third kappa shape index (κ3) is 1.02. The third-order valence-corrected chi connectivity index (χ3v) is 1.57. The van der Waals surface area contributed by atoms with E-state index >= 15 is 0 Å². The average Bonchev–Trinajstić information content (AvgIpc) is 2.68. The maximum atomic E-state index is 5.09. The molecule has 0 bridgehead atoms. The number of pyridine rings is 1. The highest BCUT2D eigenvalue weighted by atomic mass is 16.6. The summed E-state index contributed by atoms with van der Waals surface area (Å²) in [5.74, 6) is 0. The zero-order valence-electron chi connectivity index (χ0n) is 5.87. The van der Waals surface area contributed by atoms with Crippen LogP contribution >= 0.6 is 0 Å². The Bertz CT molecular complexity index is 243. The van der Waals surface area contributed by atoms with Crippen LogP contribution in [0.1, 0.15) is 17.5 Å². The minimum absolute atomic E-state index is 0.292. The predicted molar refractivity (Wildman–Crippen MR) is 37.7 cm³/mol. The Hall–Kier alpha value is -0.890. The second kappa shape index (κ2) is 2.06. The lowest BCUT2D eigenvalue weighted by Crippen LogP contribution is -1.87. The highest BCUT2D eigenvalue weighted by Crippen LogP contribution is 2.27. The van der Waals surface area contributed by atoms with Gasteiger partial charge in [-0.05, 0) is 19.1 Å². The van der Waals surface area contributed by atoms with Gasteiger partial charge in [-0.15, -0.1) is 0 Å². The van der Waals surface area contributed by atoms with Gasteiger partial charge in [0.15, 0.2) is 0 Å². The molecule has 0 saturated carbocycles. The van der Waals surface area contributed by atoms with Gasteiger partial charge in [-0.1, -0.05) is 6.07 Å². The van der Waals surface area contributed by atoms with Crippen molar-refractivity contribution in [2.24, 2.45) is 0 Å². The number of aryl methyl sites for hydroxylation is 1. The van der Waals surface area contributed by atoms with Gasteiger partial charge in [0, 0.05) is 5.69 Å². The van der Waals surface area contributed by atoms with Gasteiger partial charge in [0.25, 0.3) is 0 Å². The van der Waals surface area contributed by atoms with Crippen molar-refractivity contribution in [3.05, 3.63) is 29.6 Å². The van der Waals surface area contributed by atoms with Crippen molar-refractivity contribution in [3.63, 3.8) is 0 Å². The summed E-state index contributed by atoms with van der Waals surface area (Å²) in [6.07, 6.45) is 0.292. The van der Waals surface area contributed by atoms with E-state index in [9.17, 15) is 0 Å². The number of ether oxygens (including phenoxy) is 1. The van der Waals surface area contributed by atoms with Gasteiger partial charge in [0.05, 0.1) is 12.3 Å². The summed E-state index contributed by atoms with van der Waals surface area (Å²) in [6.45, 7) is 2.84. The van der Waals surface area contributed by atoms with E-state index < -0.39 is 0 Å². The molecule has 0 radical (unpaired) electrons. The Kier molecular flexibility index (Phi) is 1.21. The Labute approximate surface area is 59.9 Å². The normalized spacial score (nSPS) is 22.7. The van der Waals surface area contributed by atoms with Crippen LogP contribution < -0.4 is 0 Å². The van der Waals surface area contributed by atoms with Crippen molar-refractivity contribution in [1.82, 2.24) is 4.98 Å². The number of nitrogens with zero attached hydrogens (tertiary/aromatic N) is 1. The van der Waals surface area contributed by atoms with Crippen molar-refractivity contribution < 1.29 is 4.74 Å². The first kappa shape index (κ1) is 5.86. The van der Waals surface area contributed by atoms with Crippen LogP contribution in [-0.2, 0) is 4.74 Å². The first-order valence-corrected chi connectivity index (χ1v) is 3.41. The molecule has 1 saturated heterocycles. The summed E-state index contributed by atoms with van der Waals surface area (Å²) >= 11 is 0. The van der Waals surface area contributed by atoms with Gasteiger partial charge in [-0.25, -0.2) is 0 Å². The molecular weight excluding hydrogens is 126 g/mol. The van der Waals surface area contributed by atoms with E-state index in [4.69, 9.17) is 4.74 Å². The fourth-order valence-corrected chi connectivity index (χ4v) is 0.962. The Balaban J connectivity index is 2.32. The number of epoxide rings is 1. The summed E-state index contributed by atoms with van der Waals surface area (Å²) in [7, 11) is 0. The molecule has 0 unspecified atom stereocenters. The summed E-state index contributed by atoms with van der Waals surface area (Å²) in [5.41, 5.74) is 2.13. The van der Waals surface area contributed by atoms with Crippen LogP contribution in [0.4, 0.5) is 0 Å². The molecule has 1 aliphatic heterocycles. The molecule has 0 aromatic carbocycles. The van der Waals surface area contributed by atoms with Crippen LogP contribution in [0.25, 0.3) is 0 Å². The van der Waals surface area contributed by atoms with Crippen LogP contribution in [0.15, 0.2) is 18.2 Å². The number of hydrogen-bond donors (Lipinski definition) is 0. The molecule has 2 rings (SSSR count). The van der Waals surface area contributed by atoms with Crippen LogP contribution in [0.3, 0.4) is 0 Å². The van der Waals surface area contributed by atoms with Crippen molar-refractivity contribution in [3.8, 4) is 0 Å². The Morgan fingerprint density at radius 1 is 1.60 bits per heavy atom. The van der Waals surface area contributed by atoms with Crippen LogP contribution in [0.5, 0.6) is 0 Å². The first-order valence-electron chi connectivity index (χ1n) is 3.41. The SMILES string of the molecule is Cc1cccc([C@H]2CO2)n1. The molecule has 1 atom stereocenters. The van der Waals surface area contributed by atoms with Crippen LogP contribution in [0, 0.1) is 6.92 Å². The summed E-state index contributed by atoms with van der Waals surface area (Å²) in [6, 6.07) is 6.01. The first-order chi connectivity index (χ1) is 4.86. The van der Waals surface area contributed by atoms with Crippen molar-refractivity contribution in [2.45, 2.75) is 13.0 Å². The lowest BCUT2D eigenvalue weighted by molar-refractivity contribution is 0.411. The van der Waals surface area contributed by atoms with E-state index in [1.54, 1.807) is 0 Å². The summed E-state index contributed by atoms with van der Waals surface area (Å²) in [4.78, 5) is 4.31. The minimum Gasteiger partial charge on any atom is -0.366 e. The fraction of sp³-hybridized carbons (Fsp3) is 0.375. The van der Waals surface area contributed by atoms with E-state index in [0.29, 0.717) is 6.10 Å². The molecule has 1 aromatic heterocycles. The highest BCUT2D eigenvalue weighted by Gasteiger charge is 2.25. The van der Waals surface area contributed by atoms with Gasteiger partial charge in [-0.2, -0.15) is 0 Å². The van der Waals surface area contributed by atoms with Gasteiger partial charge in [-0.3, -0.25) is 4.98 Å². The monoisotopic (exact) mass is 135 g/mol. The van der Waals surface area contributed by atoms with Gasteiger partial charge in [0.1, 0.15) is 6.10 Å². The van der Waals surface area contributed by atoms with Gasteiger partial charge >= 0.3 is 0 Å². The third-order valence-electron chi connectivity index (χ3n) is 1.57. The second-order valence-electron chi connectivity index (χ2n) is 2.53. The fourth-order valence-electron chi connectivity index (χ4n) is 0.962. The van der Waals surface area contributed by atoms with E-state index in [1.807, 2.05) is 25.1 Å². The molecule has 1 fully saturated rings. The van der Waals surface area contributed by atoms with Crippen molar-refractivity contribution in [2.75, 3.05) is 6.61 Å². The largest absolute Gasteiger partial charge is 0.366 e. The zero-order valence-corrected chi connectivity index (χ0v) is 5.87. The minimum atomic E-state index is 0.292. The standard InChI is InChI=1S/C8H9NO/c1-6-3-2-4-7(9-6)8-5-10-8/h2-4,8H,5H2,1H3/t8-/m1/s1. The predicted octanol–water partition coefficient (Wildman–Crippen LogP) is 1.46. The molecule has 0 spiro atoms. The van der Waals surface area contributed by atoms with E-state index in [-0.39, 0.29) is 0 Å². The zero-order chi connectivity index (χ0) is 6.97. The second-order valence-corrected chi connectivity index (χ2v) is 2.53. The van der Waals surface area contributed by atoms with Gasteiger partial charge < -0.3 is 4.74 Å².